The summed E-state index contributed by atoms with van der Waals surface area (Å²) >= 11 is 4.28. The van der Waals surface area contributed by atoms with Crippen LogP contribution >= 0.6 is 70.0 Å². The van der Waals surface area contributed by atoms with Crippen molar-refractivity contribution in [3.63, 3.8) is 0 Å². The Balaban J connectivity index is 0.00000200. The second kappa shape index (κ2) is 10.3. The van der Waals surface area contributed by atoms with Crippen molar-refractivity contribution in [1.29, 1.82) is 5.26 Å². The van der Waals surface area contributed by atoms with Gasteiger partial charge in [0.25, 0.3) is 0 Å². The standard InChI is InChI=1S/C13H15I2N3O.2ClH/c14-10-7-9(8-11(15)13(10)19)12(1-2-16)18-5-3-17-4-6-18;;/h7-8,12,17,19H,1,3-6H2;2*1H/t12-;;/m0../s1. The summed E-state index contributed by atoms with van der Waals surface area (Å²) in [4.78, 5) is 2.35. The fourth-order valence-corrected chi connectivity index (χ4v) is 4.13. The average molecular weight is 556 g/mol. The van der Waals surface area contributed by atoms with Gasteiger partial charge in [0, 0.05) is 32.2 Å². The number of nitrogens with one attached hydrogen (secondary N) is 1. The van der Waals surface area contributed by atoms with Gasteiger partial charge in [0.05, 0.1) is 19.6 Å². The number of hydrogen-bond acceptors (Lipinski definition) is 4. The van der Waals surface area contributed by atoms with Crippen LogP contribution in [0.25, 0.3) is 0 Å². The van der Waals surface area contributed by atoms with Gasteiger partial charge in [0.2, 0.25) is 0 Å². The summed E-state index contributed by atoms with van der Waals surface area (Å²) in [5, 5.41) is 22.3. The Labute approximate surface area is 164 Å². The van der Waals surface area contributed by atoms with E-state index in [0.717, 1.165) is 38.9 Å². The average Bonchev–Trinajstić information content (AvgIpc) is 2.42. The summed E-state index contributed by atoms with van der Waals surface area (Å²) in [6.45, 7) is 3.85. The fraction of sp³-hybridized carbons (Fsp3) is 0.462. The highest BCUT2D eigenvalue weighted by molar-refractivity contribution is 14.1. The molecule has 2 N–H and O–H groups in total. The second-order valence-corrected chi connectivity index (χ2v) is 6.82. The number of phenolic OH excluding ortho intramolecular Hbond substituents is 1. The van der Waals surface area contributed by atoms with Crippen molar-refractivity contribution in [2.45, 2.75) is 12.5 Å². The Hall–Kier alpha value is 0.470. The topological polar surface area (TPSA) is 59.3 Å². The highest BCUT2D eigenvalue weighted by Crippen LogP contribution is 2.33. The van der Waals surface area contributed by atoms with Crippen LogP contribution < -0.4 is 5.32 Å². The van der Waals surface area contributed by atoms with E-state index in [4.69, 9.17) is 5.26 Å². The van der Waals surface area contributed by atoms with Crippen molar-refractivity contribution in [1.82, 2.24) is 10.2 Å². The predicted molar refractivity (Wildman–Crippen MR) is 105 cm³/mol. The molecular formula is C13H17Cl2I2N3O. The highest BCUT2D eigenvalue weighted by atomic mass is 127. The van der Waals surface area contributed by atoms with Crippen LogP contribution in [0.3, 0.4) is 0 Å². The van der Waals surface area contributed by atoms with Crippen molar-refractivity contribution in [3.05, 3.63) is 24.8 Å². The molecule has 118 valence electrons. The van der Waals surface area contributed by atoms with Crippen LogP contribution in [0.5, 0.6) is 5.75 Å². The van der Waals surface area contributed by atoms with Crippen LogP contribution in [0.4, 0.5) is 0 Å². The van der Waals surface area contributed by atoms with Gasteiger partial charge in [-0.2, -0.15) is 5.26 Å². The molecule has 4 nitrogen and oxygen atoms in total. The molecule has 1 fully saturated rings. The molecule has 1 saturated heterocycles. The van der Waals surface area contributed by atoms with Gasteiger partial charge in [0.15, 0.2) is 0 Å². The maximum Gasteiger partial charge on any atom is 0.142 e. The van der Waals surface area contributed by atoms with Crippen molar-refractivity contribution in [3.8, 4) is 11.8 Å². The number of phenols is 1. The van der Waals surface area contributed by atoms with Gasteiger partial charge in [-0.1, -0.05) is 0 Å². The maximum atomic E-state index is 9.85. The lowest BCUT2D eigenvalue weighted by Gasteiger charge is -2.34. The molecule has 1 aromatic carbocycles. The fourth-order valence-electron chi connectivity index (χ4n) is 2.32. The smallest absolute Gasteiger partial charge is 0.142 e. The van der Waals surface area contributed by atoms with Crippen molar-refractivity contribution < 1.29 is 5.11 Å². The first-order chi connectivity index (χ1) is 9.13. The SMILES string of the molecule is Cl.Cl.N#CC[C@@H](c1cc(I)c(O)c(I)c1)N1CCNCC1. The third-order valence-electron chi connectivity index (χ3n) is 3.30. The summed E-state index contributed by atoms with van der Waals surface area (Å²) in [5.41, 5.74) is 1.12. The summed E-state index contributed by atoms with van der Waals surface area (Å²) in [7, 11) is 0. The van der Waals surface area contributed by atoms with Gasteiger partial charge < -0.3 is 10.4 Å². The predicted octanol–water partition coefficient (Wildman–Crippen LogP) is 3.30. The van der Waals surface area contributed by atoms with E-state index in [2.05, 4.69) is 61.5 Å². The summed E-state index contributed by atoms with van der Waals surface area (Å²) in [6, 6.07) is 6.38. The van der Waals surface area contributed by atoms with Crippen LogP contribution in [-0.2, 0) is 0 Å². The van der Waals surface area contributed by atoms with Gasteiger partial charge in [-0.15, -0.1) is 24.8 Å². The largest absolute Gasteiger partial charge is 0.506 e. The Morgan fingerprint density at radius 2 is 1.76 bits per heavy atom. The molecule has 0 amide bonds. The number of hydrogen-bond donors (Lipinski definition) is 2. The first-order valence-corrected chi connectivity index (χ1v) is 8.29. The molecule has 0 aromatic heterocycles. The molecule has 1 aliphatic rings. The monoisotopic (exact) mass is 555 g/mol. The van der Waals surface area contributed by atoms with E-state index < -0.39 is 0 Å². The molecule has 0 radical (unpaired) electrons. The first-order valence-electron chi connectivity index (χ1n) is 6.13. The van der Waals surface area contributed by atoms with Gasteiger partial charge in [-0.05, 0) is 62.9 Å². The van der Waals surface area contributed by atoms with E-state index in [9.17, 15) is 5.11 Å². The highest BCUT2D eigenvalue weighted by Gasteiger charge is 2.23. The first kappa shape index (κ1) is 21.5. The molecule has 0 saturated carbocycles. The van der Waals surface area contributed by atoms with Crippen molar-refractivity contribution >= 4 is 70.0 Å². The molecule has 1 aromatic rings. The quantitative estimate of drug-likeness (QED) is 0.562. The minimum absolute atomic E-state index is 0. The number of nitriles is 1. The van der Waals surface area contributed by atoms with Crippen molar-refractivity contribution in [2.75, 3.05) is 26.2 Å². The van der Waals surface area contributed by atoms with Gasteiger partial charge in [-0.3, -0.25) is 4.90 Å². The van der Waals surface area contributed by atoms with Crippen LogP contribution in [0.15, 0.2) is 12.1 Å². The molecule has 1 aliphatic heterocycles. The zero-order chi connectivity index (χ0) is 13.8. The number of aromatic hydroxyl groups is 1. The van der Waals surface area contributed by atoms with E-state index >= 15 is 0 Å². The minimum atomic E-state index is 0. The lowest BCUT2D eigenvalue weighted by molar-refractivity contribution is 0.175. The zero-order valence-electron chi connectivity index (χ0n) is 11.2. The number of piperazine rings is 1. The molecular weight excluding hydrogens is 539 g/mol. The van der Waals surface area contributed by atoms with Crippen LogP contribution in [0.1, 0.15) is 18.0 Å². The molecule has 0 aliphatic carbocycles. The van der Waals surface area contributed by atoms with Crippen LogP contribution in [0, 0.1) is 18.5 Å². The van der Waals surface area contributed by atoms with E-state index in [1.165, 1.54) is 0 Å². The van der Waals surface area contributed by atoms with E-state index in [0.29, 0.717) is 12.2 Å². The van der Waals surface area contributed by atoms with Crippen LogP contribution in [-0.4, -0.2) is 36.2 Å². The third kappa shape index (κ3) is 5.55. The zero-order valence-corrected chi connectivity index (χ0v) is 17.1. The Bertz CT molecular complexity index is 482. The maximum absolute atomic E-state index is 9.85. The second-order valence-electron chi connectivity index (χ2n) is 4.50. The van der Waals surface area contributed by atoms with Crippen LogP contribution in [0.2, 0.25) is 0 Å². The number of nitrogens with zero attached hydrogens (tertiary/aromatic N) is 2. The van der Waals surface area contributed by atoms with E-state index in [-0.39, 0.29) is 30.9 Å². The Morgan fingerprint density at radius 1 is 1.24 bits per heavy atom. The summed E-state index contributed by atoms with van der Waals surface area (Å²) in [6.07, 6.45) is 0.483. The molecule has 0 spiro atoms. The Morgan fingerprint density at radius 3 is 2.24 bits per heavy atom. The van der Waals surface area contributed by atoms with Gasteiger partial charge >= 0.3 is 0 Å². The molecule has 0 bridgehead atoms. The Kier molecular flexibility index (Phi) is 10.5. The molecule has 21 heavy (non-hydrogen) atoms. The van der Waals surface area contributed by atoms with Gasteiger partial charge in [-0.25, -0.2) is 0 Å². The molecule has 1 heterocycles. The summed E-state index contributed by atoms with van der Waals surface area (Å²) < 4.78 is 1.69. The molecule has 0 unspecified atom stereocenters. The lowest BCUT2D eigenvalue weighted by atomic mass is 10.0. The third-order valence-corrected chi connectivity index (χ3v) is 4.95. The van der Waals surface area contributed by atoms with E-state index in [1.54, 1.807) is 0 Å². The van der Waals surface area contributed by atoms with E-state index in [1.807, 2.05) is 12.1 Å². The van der Waals surface area contributed by atoms with Gasteiger partial charge in [0.1, 0.15) is 5.75 Å². The molecule has 2 rings (SSSR count). The number of rotatable bonds is 3. The molecule has 1 atom stereocenters. The number of halogens is 4. The van der Waals surface area contributed by atoms with Crippen molar-refractivity contribution in [2.24, 2.45) is 0 Å². The normalized spacial score (nSPS) is 16.2. The number of benzene rings is 1. The summed E-state index contributed by atoms with van der Waals surface area (Å²) in [5.74, 6) is 0.334. The minimum Gasteiger partial charge on any atom is -0.506 e. The molecule has 8 heteroatoms. The lowest BCUT2D eigenvalue weighted by Crippen LogP contribution is -2.45.